The smallest absolute Gasteiger partial charge is 0.243 e. The summed E-state index contributed by atoms with van der Waals surface area (Å²) in [7, 11) is 0.370. The van der Waals surface area contributed by atoms with Crippen molar-refractivity contribution in [3.63, 3.8) is 0 Å². The Morgan fingerprint density at radius 1 is 1.29 bits per heavy atom. The van der Waals surface area contributed by atoms with Crippen LogP contribution in [0, 0.1) is 6.92 Å². The molecule has 6 heteroatoms. The molecule has 0 N–H and O–H groups in total. The van der Waals surface area contributed by atoms with Crippen molar-refractivity contribution < 1.29 is 8.42 Å². The molecule has 0 aromatic heterocycles. The summed E-state index contributed by atoms with van der Waals surface area (Å²) in [5.41, 5.74) is 1.59. The van der Waals surface area contributed by atoms with E-state index in [-0.39, 0.29) is 6.04 Å². The highest BCUT2D eigenvalue weighted by Gasteiger charge is 2.29. The topological polar surface area (TPSA) is 40.6 Å². The van der Waals surface area contributed by atoms with Gasteiger partial charge in [-0.2, -0.15) is 4.31 Å². The molecule has 0 spiro atoms. The highest BCUT2D eigenvalue weighted by atomic mass is 35.5. The van der Waals surface area contributed by atoms with Crippen molar-refractivity contribution in [2.75, 3.05) is 27.2 Å². The van der Waals surface area contributed by atoms with Gasteiger partial charge in [0, 0.05) is 25.0 Å². The van der Waals surface area contributed by atoms with Crippen molar-refractivity contribution in [1.29, 1.82) is 0 Å². The normalized spacial score (nSPS) is 13.9. The summed E-state index contributed by atoms with van der Waals surface area (Å²) in [4.78, 5) is 2.35. The quantitative estimate of drug-likeness (QED) is 0.721. The lowest BCUT2D eigenvalue weighted by Crippen LogP contribution is -2.43. The van der Waals surface area contributed by atoms with Gasteiger partial charge in [0.15, 0.2) is 0 Å². The fraction of sp³-hybridized carbons (Fsp3) is 0.600. The summed E-state index contributed by atoms with van der Waals surface area (Å²) in [5.74, 6) is 0.314. The van der Waals surface area contributed by atoms with Gasteiger partial charge < -0.3 is 4.90 Å². The number of hydrogen-bond acceptors (Lipinski definition) is 3. The Kier molecular flexibility index (Phi) is 6.66. The molecular formula is C15H25ClN2O2S. The van der Waals surface area contributed by atoms with Crippen LogP contribution in [0.5, 0.6) is 0 Å². The third-order valence-electron chi connectivity index (χ3n) is 3.56. The molecule has 0 aliphatic carbocycles. The second-order valence-corrected chi connectivity index (χ2v) is 7.62. The third-order valence-corrected chi connectivity index (χ3v) is 6.08. The molecule has 0 heterocycles. The molecule has 0 radical (unpaired) electrons. The Hall–Kier alpha value is -0.620. The highest BCUT2D eigenvalue weighted by Crippen LogP contribution is 2.25. The number of rotatable bonds is 7. The zero-order chi connectivity index (χ0) is 16.2. The van der Waals surface area contributed by atoms with Crippen molar-refractivity contribution in [2.24, 2.45) is 0 Å². The minimum atomic E-state index is -3.51. The van der Waals surface area contributed by atoms with Crippen LogP contribution in [0.1, 0.15) is 25.0 Å². The number of nitrogens with zero attached hydrogens (tertiary/aromatic N) is 2. The van der Waals surface area contributed by atoms with E-state index in [1.807, 2.05) is 45.8 Å². The largest absolute Gasteiger partial charge is 0.308 e. The molecule has 0 aliphatic heterocycles. The number of benzene rings is 1. The summed E-state index contributed by atoms with van der Waals surface area (Å²) in [6.45, 7) is 6.74. The Morgan fingerprint density at radius 2 is 1.90 bits per heavy atom. The molecular weight excluding hydrogens is 308 g/mol. The molecule has 1 aromatic rings. The Balaban J connectivity index is 3.25. The van der Waals surface area contributed by atoms with Gasteiger partial charge in [0.1, 0.15) is 0 Å². The fourth-order valence-electron chi connectivity index (χ4n) is 2.55. The summed E-state index contributed by atoms with van der Waals surface area (Å²) in [5, 5.41) is 0. The first-order chi connectivity index (χ1) is 9.75. The van der Waals surface area contributed by atoms with Gasteiger partial charge >= 0.3 is 0 Å². The molecule has 0 saturated carbocycles. The molecule has 0 fully saturated rings. The molecule has 0 bridgehead atoms. The van der Waals surface area contributed by atoms with Gasteiger partial charge in [-0.15, -0.1) is 11.6 Å². The molecule has 4 nitrogen and oxygen atoms in total. The van der Waals surface area contributed by atoms with Crippen LogP contribution in [-0.2, 0) is 15.9 Å². The van der Waals surface area contributed by atoms with Gasteiger partial charge in [-0.3, -0.25) is 0 Å². The average molecular weight is 333 g/mol. The minimum absolute atomic E-state index is 0.0888. The van der Waals surface area contributed by atoms with Crippen molar-refractivity contribution >= 4 is 21.6 Å². The van der Waals surface area contributed by atoms with Crippen molar-refractivity contribution in [2.45, 2.75) is 37.6 Å². The second-order valence-electron chi connectivity index (χ2n) is 5.49. The predicted octanol–water partition coefficient (Wildman–Crippen LogP) is 2.69. The summed E-state index contributed by atoms with van der Waals surface area (Å²) in [6, 6.07) is 5.18. The third kappa shape index (κ3) is 4.19. The van der Waals surface area contributed by atoms with E-state index in [2.05, 4.69) is 0 Å². The average Bonchev–Trinajstić information content (AvgIpc) is 2.38. The van der Waals surface area contributed by atoms with Crippen LogP contribution >= 0.6 is 11.6 Å². The van der Waals surface area contributed by atoms with E-state index in [4.69, 9.17) is 11.6 Å². The first-order valence-corrected chi connectivity index (χ1v) is 9.04. The van der Waals surface area contributed by atoms with Gasteiger partial charge in [0.05, 0.1) is 4.90 Å². The number of hydrogen-bond donors (Lipinski definition) is 0. The Bertz CT molecular complexity index is 573. The van der Waals surface area contributed by atoms with E-state index in [0.717, 1.165) is 11.1 Å². The van der Waals surface area contributed by atoms with Gasteiger partial charge in [0.25, 0.3) is 0 Å². The SMILES string of the molecule is CCN(C(C)CN(C)C)S(=O)(=O)c1cccc(CCl)c1C. The van der Waals surface area contributed by atoms with Crippen LogP contribution in [0.25, 0.3) is 0 Å². The molecule has 0 saturated heterocycles. The molecule has 1 unspecified atom stereocenters. The number of alkyl halides is 1. The van der Waals surface area contributed by atoms with Crippen LogP contribution in [0.3, 0.4) is 0 Å². The van der Waals surface area contributed by atoms with Gasteiger partial charge in [-0.1, -0.05) is 19.1 Å². The van der Waals surface area contributed by atoms with Crippen LogP contribution in [-0.4, -0.2) is 50.8 Å². The lowest BCUT2D eigenvalue weighted by atomic mass is 10.1. The van der Waals surface area contributed by atoms with Crippen molar-refractivity contribution in [1.82, 2.24) is 9.21 Å². The maximum Gasteiger partial charge on any atom is 0.243 e. The fourth-order valence-corrected chi connectivity index (χ4v) is 4.74. The van der Waals surface area contributed by atoms with Gasteiger partial charge in [0.2, 0.25) is 10.0 Å². The Labute approximate surface area is 133 Å². The summed E-state index contributed by atoms with van der Waals surface area (Å²) >= 11 is 5.88. The number of sulfonamides is 1. The predicted molar refractivity (Wildman–Crippen MR) is 88.3 cm³/mol. The maximum atomic E-state index is 12.9. The van der Waals surface area contributed by atoms with E-state index in [1.165, 1.54) is 0 Å². The summed E-state index contributed by atoms with van der Waals surface area (Å²) in [6.07, 6.45) is 0. The molecule has 0 amide bonds. The van der Waals surface area contributed by atoms with Crippen molar-refractivity contribution in [3.8, 4) is 0 Å². The second kappa shape index (κ2) is 7.58. The summed E-state index contributed by atoms with van der Waals surface area (Å²) < 4.78 is 27.4. The van der Waals surface area contributed by atoms with Gasteiger partial charge in [-0.05, 0) is 45.1 Å². The standard InChI is InChI=1S/C15H25ClN2O2S/c1-6-18(12(2)11-17(4)5)21(19,20)15-9-7-8-14(10-16)13(15)3/h7-9,12H,6,10-11H2,1-5H3. The van der Waals surface area contributed by atoms with Crippen LogP contribution in [0.15, 0.2) is 23.1 Å². The Morgan fingerprint density at radius 3 is 2.38 bits per heavy atom. The van der Waals surface area contributed by atoms with Gasteiger partial charge in [-0.25, -0.2) is 8.42 Å². The van der Waals surface area contributed by atoms with E-state index in [9.17, 15) is 8.42 Å². The molecule has 1 atom stereocenters. The number of likely N-dealkylation sites (N-methyl/N-ethyl adjacent to an activating group) is 2. The zero-order valence-electron chi connectivity index (χ0n) is 13.4. The maximum absolute atomic E-state index is 12.9. The first kappa shape index (κ1) is 18.4. The minimum Gasteiger partial charge on any atom is -0.308 e. The zero-order valence-corrected chi connectivity index (χ0v) is 15.0. The molecule has 1 rings (SSSR count). The molecule has 21 heavy (non-hydrogen) atoms. The van der Waals surface area contributed by atoms with Crippen molar-refractivity contribution in [3.05, 3.63) is 29.3 Å². The number of halogens is 1. The first-order valence-electron chi connectivity index (χ1n) is 7.06. The highest BCUT2D eigenvalue weighted by molar-refractivity contribution is 7.89. The van der Waals surface area contributed by atoms with E-state index in [1.54, 1.807) is 16.4 Å². The van der Waals surface area contributed by atoms with E-state index < -0.39 is 10.0 Å². The van der Waals surface area contributed by atoms with E-state index in [0.29, 0.717) is 23.9 Å². The molecule has 0 aliphatic rings. The van der Waals surface area contributed by atoms with Crippen LogP contribution < -0.4 is 0 Å². The molecule has 120 valence electrons. The molecule has 1 aromatic carbocycles. The lowest BCUT2D eigenvalue weighted by molar-refractivity contribution is 0.271. The van der Waals surface area contributed by atoms with E-state index >= 15 is 0 Å². The monoisotopic (exact) mass is 332 g/mol. The van der Waals surface area contributed by atoms with Crippen LogP contribution in [0.2, 0.25) is 0 Å². The lowest BCUT2D eigenvalue weighted by Gasteiger charge is -2.30. The van der Waals surface area contributed by atoms with Crippen LogP contribution in [0.4, 0.5) is 0 Å².